The molecule has 3 aromatic rings. The number of carbonyl (C=O) groups is 1. The van der Waals surface area contributed by atoms with Crippen LogP contribution in [-0.4, -0.2) is 34.5 Å². The summed E-state index contributed by atoms with van der Waals surface area (Å²) in [5.74, 6) is 0. The van der Waals surface area contributed by atoms with Crippen LogP contribution in [0.4, 0.5) is 10.5 Å². The summed E-state index contributed by atoms with van der Waals surface area (Å²) in [6.07, 6.45) is 2.38. The number of nitrogens with zero attached hydrogens (tertiary/aromatic N) is 3. The number of halogens is 2. The minimum absolute atomic E-state index is 0.0805. The SMILES string of the molecule is CN(C(=O)N1CCc2[nH]c3ncc(Cl)cc3c2C1)c1ccccc1Cl. The summed E-state index contributed by atoms with van der Waals surface area (Å²) >= 11 is 12.3. The standard InChI is InChI=1S/C18H16Cl2N4O/c1-23(16-5-3-2-4-14(16)20)18(25)24-7-6-15-13(10-24)12-8-11(19)9-21-17(12)22-15/h2-5,8-9H,6-7,10H2,1H3,(H,21,22). The van der Waals surface area contributed by atoms with Gasteiger partial charge in [0, 0.05) is 49.4 Å². The van der Waals surface area contributed by atoms with E-state index in [2.05, 4.69) is 9.97 Å². The van der Waals surface area contributed by atoms with Gasteiger partial charge in [-0.05, 0) is 18.2 Å². The molecule has 0 atom stereocenters. The largest absolute Gasteiger partial charge is 0.343 e. The van der Waals surface area contributed by atoms with Crippen molar-refractivity contribution in [2.24, 2.45) is 0 Å². The molecule has 2 aromatic heterocycles. The highest BCUT2D eigenvalue weighted by Crippen LogP contribution is 2.30. The van der Waals surface area contributed by atoms with Gasteiger partial charge in [-0.15, -0.1) is 0 Å². The van der Waals surface area contributed by atoms with Crippen LogP contribution in [0.15, 0.2) is 36.5 Å². The van der Waals surface area contributed by atoms with Gasteiger partial charge in [-0.2, -0.15) is 0 Å². The summed E-state index contributed by atoms with van der Waals surface area (Å²) in [6, 6.07) is 9.15. The normalized spacial score (nSPS) is 13.8. The maximum atomic E-state index is 12.9. The van der Waals surface area contributed by atoms with E-state index in [1.807, 2.05) is 29.2 Å². The second kappa shape index (κ2) is 6.24. The van der Waals surface area contributed by atoms with Gasteiger partial charge < -0.3 is 9.88 Å². The summed E-state index contributed by atoms with van der Waals surface area (Å²) in [7, 11) is 1.74. The Morgan fingerprint density at radius 1 is 1.32 bits per heavy atom. The monoisotopic (exact) mass is 374 g/mol. The van der Waals surface area contributed by atoms with Crippen LogP contribution in [0.3, 0.4) is 0 Å². The highest BCUT2D eigenvalue weighted by molar-refractivity contribution is 6.33. The van der Waals surface area contributed by atoms with E-state index in [1.165, 1.54) is 0 Å². The molecule has 25 heavy (non-hydrogen) atoms. The van der Waals surface area contributed by atoms with E-state index >= 15 is 0 Å². The molecule has 3 heterocycles. The van der Waals surface area contributed by atoms with E-state index in [-0.39, 0.29) is 6.03 Å². The zero-order valence-electron chi connectivity index (χ0n) is 13.6. The van der Waals surface area contributed by atoms with Crippen molar-refractivity contribution in [1.82, 2.24) is 14.9 Å². The number of hydrogen-bond acceptors (Lipinski definition) is 2. The molecular formula is C18H16Cl2N4O. The van der Waals surface area contributed by atoms with Crippen molar-refractivity contribution in [3.05, 3.63) is 57.8 Å². The Morgan fingerprint density at radius 2 is 2.12 bits per heavy atom. The number of anilines is 1. The third-order valence-corrected chi connectivity index (χ3v) is 5.09. The molecule has 1 N–H and O–H groups in total. The molecule has 7 heteroatoms. The van der Waals surface area contributed by atoms with E-state index < -0.39 is 0 Å². The maximum Gasteiger partial charge on any atom is 0.324 e. The molecular weight excluding hydrogens is 359 g/mol. The van der Waals surface area contributed by atoms with Gasteiger partial charge >= 0.3 is 6.03 Å². The predicted octanol–water partition coefficient (Wildman–Crippen LogP) is 4.48. The van der Waals surface area contributed by atoms with Crippen LogP contribution >= 0.6 is 23.2 Å². The molecule has 0 saturated heterocycles. The molecule has 0 bridgehead atoms. The van der Waals surface area contributed by atoms with Gasteiger partial charge in [0.25, 0.3) is 0 Å². The highest BCUT2D eigenvalue weighted by Gasteiger charge is 2.27. The number of carbonyl (C=O) groups excluding carboxylic acids is 1. The number of aromatic amines is 1. The number of pyridine rings is 1. The van der Waals surface area contributed by atoms with Crippen molar-refractivity contribution in [1.29, 1.82) is 0 Å². The number of H-pyrrole nitrogens is 1. The number of urea groups is 1. The van der Waals surface area contributed by atoms with Gasteiger partial charge in [0.2, 0.25) is 0 Å². The second-order valence-electron chi connectivity index (χ2n) is 6.10. The minimum atomic E-state index is -0.0805. The molecule has 2 amide bonds. The molecule has 1 aromatic carbocycles. The number of hydrogen-bond donors (Lipinski definition) is 1. The van der Waals surface area contributed by atoms with E-state index in [9.17, 15) is 4.79 Å². The molecule has 0 unspecified atom stereocenters. The number of benzene rings is 1. The van der Waals surface area contributed by atoms with Gasteiger partial charge in [-0.3, -0.25) is 4.90 Å². The first kappa shape index (κ1) is 16.2. The number of nitrogens with one attached hydrogen (secondary N) is 1. The Bertz CT molecular complexity index is 969. The van der Waals surface area contributed by atoms with Crippen LogP contribution in [0.5, 0.6) is 0 Å². The topological polar surface area (TPSA) is 52.2 Å². The lowest BCUT2D eigenvalue weighted by molar-refractivity contribution is 0.200. The quantitative estimate of drug-likeness (QED) is 0.682. The van der Waals surface area contributed by atoms with Gasteiger partial charge in [0.15, 0.2) is 0 Å². The smallest absolute Gasteiger partial charge is 0.324 e. The van der Waals surface area contributed by atoms with Crippen molar-refractivity contribution in [3.8, 4) is 0 Å². The van der Waals surface area contributed by atoms with Crippen molar-refractivity contribution in [3.63, 3.8) is 0 Å². The fraction of sp³-hybridized carbons (Fsp3) is 0.222. The lowest BCUT2D eigenvalue weighted by Crippen LogP contribution is -2.43. The molecule has 128 valence electrons. The lowest BCUT2D eigenvalue weighted by Gasteiger charge is -2.31. The van der Waals surface area contributed by atoms with Crippen molar-refractivity contribution in [2.45, 2.75) is 13.0 Å². The van der Waals surface area contributed by atoms with Crippen LogP contribution in [0.2, 0.25) is 10.0 Å². The zero-order valence-corrected chi connectivity index (χ0v) is 15.1. The molecule has 0 spiro atoms. The van der Waals surface area contributed by atoms with Crippen molar-refractivity contribution < 1.29 is 4.79 Å². The fourth-order valence-corrected chi connectivity index (χ4v) is 3.68. The number of amides is 2. The number of rotatable bonds is 1. The van der Waals surface area contributed by atoms with Gasteiger partial charge in [-0.1, -0.05) is 35.3 Å². The Balaban J connectivity index is 1.63. The first-order valence-electron chi connectivity index (χ1n) is 7.96. The molecule has 0 radical (unpaired) electrons. The van der Waals surface area contributed by atoms with Crippen molar-refractivity contribution in [2.75, 3.05) is 18.5 Å². The summed E-state index contributed by atoms with van der Waals surface area (Å²) in [6.45, 7) is 1.16. The van der Waals surface area contributed by atoms with Crippen molar-refractivity contribution >= 4 is 46.0 Å². The predicted molar refractivity (Wildman–Crippen MR) is 100 cm³/mol. The fourth-order valence-electron chi connectivity index (χ4n) is 3.26. The summed E-state index contributed by atoms with van der Waals surface area (Å²) in [5, 5.41) is 2.12. The Hall–Kier alpha value is -2.24. The third kappa shape index (κ3) is 2.83. The molecule has 0 aliphatic carbocycles. The molecule has 5 nitrogen and oxygen atoms in total. The van der Waals surface area contributed by atoms with Gasteiger partial charge in [-0.25, -0.2) is 9.78 Å². The lowest BCUT2D eigenvalue weighted by atomic mass is 10.1. The molecule has 0 saturated carbocycles. The van der Waals surface area contributed by atoms with Crippen LogP contribution in [0, 0.1) is 0 Å². The van der Waals surface area contributed by atoms with Gasteiger partial charge in [0.1, 0.15) is 5.65 Å². The molecule has 1 aliphatic heterocycles. The highest BCUT2D eigenvalue weighted by atomic mass is 35.5. The Kier molecular flexibility index (Phi) is 4.06. The maximum absolute atomic E-state index is 12.9. The van der Waals surface area contributed by atoms with Crippen LogP contribution in [-0.2, 0) is 13.0 Å². The Morgan fingerprint density at radius 3 is 2.92 bits per heavy atom. The van der Waals surface area contributed by atoms with E-state index in [0.717, 1.165) is 28.7 Å². The first-order chi connectivity index (χ1) is 12.0. The minimum Gasteiger partial charge on any atom is -0.343 e. The number of aromatic nitrogens is 2. The van der Waals surface area contributed by atoms with Crippen LogP contribution in [0.25, 0.3) is 11.0 Å². The zero-order chi connectivity index (χ0) is 17.6. The second-order valence-corrected chi connectivity index (χ2v) is 6.94. The molecule has 4 rings (SSSR count). The number of fused-ring (bicyclic) bond motifs is 3. The number of para-hydroxylation sites is 1. The third-order valence-electron chi connectivity index (χ3n) is 4.56. The Labute approximate surface area is 155 Å². The summed E-state index contributed by atoms with van der Waals surface area (Å²) < 4.78 is 0. The van der Waals surface area contributed by atoms with Crippen LogP contribution in [0.1, 0.15) is 11.3 Å². The van der Waals surface area contributed by atoms with E-state index in [1.54, 1.807) is 24.2 Å². The van der Waals surface area contributed by atoms with Gasteiger partial charge in [0.05, 0.1) is 15.7 Å². The molecule has 0 fully saturated rings. The van der Waals surface area contributed by atoms with E-state index in [0.29, 0.717) is 28.8 Å². The average Bonchev–Trinajstić information content (AvgIpc) is 2.98. The molecule has 1 aliphatic rings. The average molecular weight is 375 g/mol. The first-order valence-corrected chi connectivity index (χ1v) is 8.72. The van der Waals surface area contributed by atoms with Crippen LogP contribution < -0.4 is 4.90 Å². The van der Waals surface area contributed by atoms with E-state index in [4.69, 9.17) is 23.2 Å². The summed E-state index contributed by atoms with van der Waals surface area (Å²) in [5.41, 5.74) is 3.71. The summed E-state index contributed by atoms with van der Waals surface area (Å²) in [4.78, 5) is 24.0.